The molecule has 1 N–H and O–H groups in total. The number of carbonyl (C=O) groups is 1. The van der Waals surface area contributed by atoms with Gasteiger partial charge in [-0.3, -0.25) is 4.79 Å². The van der Waals surface area contributed by atoms with Crippen LogP contribution >= 0.6 is 0 Å². The molecule has 0 spiro atoms. The fourth-order valence-corrected chi connectivity index (χ4v) is 1.86. The smallest absolute Gasteiger partial charge is 0.310 e. The first-order valence-electron chi connectivity index (χ1n) is 7.15. The minimum atomic E-state index is -0.246. The van der Waals surface area contributed by atoms with E-state index in [4.69, 9.17) is 4.74 Å². The van der Waals surface area contributed by atoms with Crippen LogP contribution < -0.4 is 5.32 Å². The van der Waals surface area contributed by atoms with Crippen molar-refractivity contribution in [1.82, 2.24) is 19.6 Å². The van der Waals surface area contributed by atoms with Crippen molar-refractivity contribution in [2.75, 3.05) is 11.9 Å². The first-order chi connectivity index (χ1) is 10.0. The van der Waals surface area contributed by atoms with Crippen molar-refractivity contribution in [3.63, 3.8) is 0 Å². The summed E-state index contributed by atoms with van der Waals surface area (Å²) in [7, 11) is 0. The Hall–Kier alpha value is -2.18. The summed E-state index contributed by atoms with van der Waals surface area (Å²) in [5, 5.41) is 7.35. The van der Waals surface area contributed by atoms with E-state index in [0.29, 0.717) is 12.3 Å². The number of anilines is 1. The lowest BCUT2D eigenvalue weighted by atomic mass is 10.2. The Morgan fingerprint density at radius 1 is 1.43 bits per heavy atom. The normalized spacial score (nSPS) is 12.6. The minimum Gasteiger partial charge on any atom is -0.463 e. The lowest BCUT2D eigenvalue weighted by Gasteiger charge is -2.15. The van der Waals surface area contributed by atoms with Gasteiger partial charge < -0.3 is 10.1 Å². The number of hydrogen-bond donors (Lipinski definition) is 1. The van der Waals surface area contributed by atoms with E-state index in [0.717, 1.165) is 17.9 Å². The fourth-order valence-electron chi connectivity index (χ4n) is 1.86. The lowest BCUT2D eigenvalue weighted by Crippen LogP contribution is -2.25. The summed E-state index contributed by atoms with van der Waals surface area (Å²) in [5.74, 6) is 0.870. The molecule has 2 aromatic heterocycles. The number of aryl methyl sites for hydroxylation is 1. The van der Waals surface area contributed by atoms with E-state index >= 15 is 0 Å². The van der Waals surface area contributed by atoms with E-state index in [-0.39, 0.29) is 18.0 Å². The number of fused-ring (bicyclic) bond motifs is 1. The van der Waals surface area contributed by atoms with Gasteiger partial charge in [0, 0.05) is 18.3 Å². The van der Waals surface area contributed by atoms with Gasteiger partial charge in [0.2, 0.25) is 0 Å². The van der Waals surface area contributed by atoms with Crippen LogP contribution in [-0.4, -0.2) is 38.2 Å². The van der Waals surface area contributed by atoms with Crippen LogP contribution in [-0.2, 0) is 16.0 Å². The molecule has 0 radical (unpaired) electrons. The van der Waals surface area contributed by atoms with Gasteiger partial charge in [-0.15, -0.1) is 0 Å². The molecule has 1 unspecified atom stereocenters. The van der Waals surface area contributed by atoms with Crippen LogP contribution in [0, 0.1) is 5.92 Å². The molecule has 0 aliphatic rings. The Balaban J connectivity index is 2.09. The largest absolute Gasteiger partial charge is 0.463 e. The number of esters is 1. The summed E-state index contributed by atoms with van der Waals surface area (Å²) in [4.78, 5) is 20.3. The average molecular weight is 291 g/mol. The molecule has 2 heterocycles. The first kappa shape index (κ1) is 15.2. The molecule has 0 aliphatic heterocycles. The molecule has 2 rings (SSSR count). The van der Waals surface area contributed by atoms with Gasteiger partial charge in [-0.05, 0) is 20.3 Å². The Morgan fingerprint density at radius 3 is 2.86 bits per heavy atom. The minimum absolute atomic E-state index is 0.102. The Bertz CT molecular complexity index is 623. The van der Waals surface area contributed by atoms with Crippen LogP contribution in [0.2, 0.25) is 0 Å². The zero-order valence-corrected chi connectivity index (χ0v) is 12.8. The van der Waals surface area contributed by atoms with Crippen molar-refractivity contribution < 1.29 is 9.53 Å². The summed E-state index contributed by atoms with van der Waals surface area (Å²) in [5.41, 5.74) is 0.926. The van der Waals surface area contributed by atoms with Crippen molar-refractivity contribution in [2.45, 2.75) is 40.2 Å². The standard InChI is InChI=1S/C14H21N5O2/c1-5-11-6-12(19-14(18-11)16-8-17-19)15-7-10(4)13(20)21-9(2)3/h6,8-10,15H,5,7H2,1-4H3. The molecule has 7 heteroatoms. The number of nitrogens with zero attached hydrogens (tertiary/aromatic N) is 4. The average Bonchev–Trinajstić information content (AvgIpc) is 2.91. The van der Waals surface area contributed by atoms with E-state index in [1.54, 1.807) is 4.52 Å². The van der Waals surface area contributed by atoms with Crippen molar-refractivity contribution in [3.05, 3.63) is 18.1 Å². The van der Waals surface area contributed by atoms with E-state index in [9.17, 15) is 4.79 Å². The Morgan fingerprint density at radius 2 is 2.19 bits per heavy atom. The maximum atomic E-state index is 11.8. The summed E-state index contributed by atoms with van der Waals surface area (Å²) in [6.45, 7) is 8.01. The van der Waals surface area contributed by atoms with Crippen LogP contribution in [0.5, 0.6) is 0 Å². The van der Waals surface area contributed by atoms with Gasteiger partial charge in [0.1, 0.15) is 12.1 Å². The van der Waals surface area contributed by atoms with E-state index in [1.165, 1.54) is 6.33 Å². The van der Waals surface area contributed by atoms with Crippen molar-refractivity contribution in [2.24, 2.45) is 5.92 Å². The molecular weight excluding hydrogens is 270 g/mol. The van der Waals surface area contributed by atoms with Crippen LogP contribution in [0.4, 0.5) is 5.82 Å². The van der Waals surface area contributed by atoms with Crippen molar-refractivity contribution in [1.29, 1.82) is 0 Å². The predicted molar refractivity (Wildman–Crippen MR) is 79.0 cm³/mol. The first-order valence-corrected chi connectivity index (χ1v) is 7.15. The zero-order chi connectivity index (χ0) is 15.4. The van der Waals surface area contributed by atoms with Gasteiger partial charge in [-0.2, -0.15) is 14.6 Å². The van der Waals surface area contributed by atoms with Gasteiger partial charge >= 0.3 is 5.97 Å². The quantitative estimate of drug-likeness (QED) is 0.816. The Kier molecular flexibility index (Phi) is 4.72. The second kappa shape index (κ2) is 6.51. The van der Waals surface area contributed by atoms with Crippen molar-refractivity contribution >= 4 is 17.6 Å². The van der Waals surface area contributed by atoms with Gasteiger partial charge in [0.15, 0.2) is 0 Å². The highest BCUT2D eigenvalue weighted by Gasteiger charge is 2.16. The lowest BCUT2D eigenvalue weighted by molar-refractivity contribution is -0.151. The van der Waals surface area contributed by atoms with E-state index in [2.05, 4.69) is 20.4 Å². The molecule has 2 aromatic rings. The molecule has 0 bridgehead atoms. The summed E-state index contributed by atoms with van der Waals surface area (Å²) < 4.78 is 6.82. The molecule has 0 amide bonds. The predicted octanol–water partition coefficient (Wildman–Crippen LogP) is 1.69. The van der Waals surface area contributed by atoms with Gasteiger partial charge in [0.05, 0.1) is 12.0 Å². The number of nitrogens with one attached hydrogen (secondary N) is 1. The maximum Gasteiger partial charge on any atom is 0.310 e. The molecule has 0 aromatic carbocycles. The molecule has 0 aliphatic carbocycles. The summed E-state index contributed by atoms with van der Waals surface area (Å²) in [6.07, 6.45) is 2.17. The van der Waals surface area contributed by atoms with Crippen molar-refractivity contribution in [3.8, 4) is 0 Å². The maximum absolute atomic E-state index is 11.8. The molecular formula is C14H21N5O2. The fraction of sp³-hybridized carbons (Fsp3) is 0.571. The second-order valence-electron chi connectivity index (χ2n) is 5.23. The molecule has 7 nitrogen and oxygen atoms in total. The van der Waals surface area contributed by atoms with E-state index in [1.807, 2.05) is 33.8 Å². The topological polar surface area (TPSA) is 81.4 Å². The molecule has 0 fully saturated rings. The van der Waals surface area contributed by atoms with Gasteiger partial charge in [-0.1, -0.05) is 13.8 Å². The summed E-state index contributed by atoms with van der Waals surface area (Å²) >= 11 is 0. The molecule has 0 saturated carbocycles. The number of ether oxygens (including phenoxy) is 1. The highest BCUT2D eigenvalue weighted by Crippen LogP contribution is 2.12. The monoisotopic (exact) mass is 291 g/mol. The van der Waals surface area contributed by atoms with Crippen LogP contribution in [0.1, 0.15) is 33.4 Å². The summed E-state index contributed by atoms with van der Waals surface area (Å²) in [6, 6.07) is 1.92. The zero-order valence-electron chi connectivity index (χ0n) is 12.8. The second-order valence-corrected chi connectivity index (χ2v) is 5.23. The number of aromatic nitrogens is 4. The molecule has 0 saturated heterocycles. The van der Waals surface area contributed by atoms with Gasteiger partial charge in [0.25, 0.3) is 5.78 Å². The number of rotatable bonds is 6. The molecule has 1 atom stereocenters. The number of hydrogen-bond acceptors (Lipinski definition) is 6. The molecule has 114 valence electrons. The third kappa shape index (κ3) is 3.68. The highest BCUT2D eigenvalue weighted by molar-refractivity contribution is 5.72. The SMILES string of the molecule is CCc1cc(NCC(C)C(=O)OC(C)C)n2ncnc2n1. The van der Waals surface area contributed by atoms with Crippen LogP contribution in [0.15, 0.2) is 12.4 Å². The van der Waals surface area contributed by atoms with Gasteiger partial charge in [-0.25, -0.2) is 4.98 Å². The van der Waals surface area contributed by atoms with Crippen LogP contribution in [0.25, 0.3) is 5.78 Å². The molecule has 21 heavy (non-hydrogen) atoms. The van der Waals surface area contributed by atoms with Crippen LogP contribution in [0.3, 0.4) is 0 Å². The Labute approximate surface area is 123 Å². The third-order valence-corrected chi connectivity index (χ3v) is 3.01. The third-order valence-electron chi connectivity index (χ3n) is 3.01. The van der Waals surface area contributed by atoms with E-state index < -0.39 is 0 Å². The highest BCUT2D eigenvalue weighted by atomic mass is 16.5. The number of carbonyl (C=O) groups excluding carboxylic acids is 1.